The summed E-state index contributed by atoms with van der Waals surface area (Å²) in [6.45, 7) is 0.218. The molecule has 2 aliphatic rings. The first-order valence-corrected chi connectivity index (χ1v) is 11.5. The number of carboxylic acid groups (broad SMARTS) is 1. The zero-order chi connectivity index (χ0) is 25.8. The van der Waals surface area contributed by atoms with Crippen molar-refractivity contribution in [2.45, 2.75) is 56.7 Å². The van der Waals surface area contributed by atoms with Gasteiger partial charge in [0, 0.05) is 13.0 Å². The fourth-order valence-electron chi connectivity index (χ4n) is 4.49. The lowest BCUT2D eigenvalue weighted by Gasteiger charge is -2.43. The zero-order valence-corrected chi connectivity index (χ0v) is 19.2. The molecule has 0 spiro atoms. The van der Waals surface area contributed by atoms with Gasteiger partial charge in [0.25, 0.3) is 5.91 Å². The summed E-state index contributed by atoms with van der Waals surface area (Å²) in [7, 11) is 0. The number of aldehydes is 1. The minimum absolute atomic E-state index is 0.0175. The molecular formula is C22H25N7O7. The summed E-state index contributed by atoms with van der Waals surface area (Å²) in [5, 5.41) is 26.7. The number of benzene rings is 1. The number of hydrogen-bond acceptors (Lipinski definition) is 8. The van der Waals surface area contributed by atoms with E-state index in [1.165, 1.54) is 5.01 Å². The fourth-order valence-corrected chi connectivity index (χ4v) is 4.49. The highest BCUT2D eigenvalue weighted by atomic mass is 16.4. The summed E-state index contributed by atoms with van der Waals surface area (Å²) < 4.78 is 0. The van der Waals surface area contributed by atoms with E-state index >= 15 is 0 Å². The van der Waals surface area contributed by atoms with E-state index in [4.69, 9.17) is 5.11 Å². The van der Waals surface area contributed by atoms with Crippen molar-refractivity contribution < 1.29 is 33.9 Å². The van der Waals surface area contributed by atoms with Crippen LogP contribution in [0.15, 0.2) is 18.2 Å². The Balaban J connectivity index is 1.50. The first kappa shape index (κ1) is 24.8. The van der Waals surface area contributed by atoms with E-state index in [0.717, 1.165) is 5.01 Å². The van der Waals surface area contributed by atoms with Gasteiger partial charge in [0.2, 0.25) is 17.7 Å². The van der Waals surface area contributed by atoms with Gasteiger partial charge in [-0.1, -0.05) is 12.1 Å². The summed E-state index contributed by atoms with van der Waals surface area (Å²) >= 11 is 0. The number of H-pyrrole nitrogens is 1. The summed E-state index contributed by atoms with van der Waals surface area (Å²) in [6, 6.07) is 1.72. The van der Waals surface area contributed by atoms with Gasteiger partial charge in [-0.2, -0.15) is 15.4 Å². The van der Waals surface area contributed by atoms with E-state index in [9.17, 15) is 28.8 Å². The number of carbonyl (C=O) groups excluding carboxylic acids is 5. The molecule has 3 unspecified atom stereocenters. The highest BCUT2D eigenvalue weighted by Crippen LogP contribution is 2.25. The number of carbonyl (C=O) groups is 6. The lowest BCUT2D eigenvalue weighted by Crippen LogP contribution is -2.64. The molecule has 4 amide bonds. The van der Waals surface area contributed by atoms with Crippen LogP contribution in [0.3, 0.4) is 0 Å². The predicted molar refractivity (Wildman–Crippen MR) is 121 cm³/mol. The van der Waals surface area contributed by atoms with Gasteiger partial charge in [-0.3, -0.25) is 29.0 Å². The average Bonchev–Trinajstić information content (AvgIpc) is 3.30. The molecule has 0 saturated carbocycles. The first-order chi connectivity index (χ1) is 17.3. The van der Waals surface area contributed by atoms with Crippen molar-refractivity contribution in [3.05, 3.63) is 23.8 Å². The molecule has 3 heterocycles. The molecule has 14 nitrogen and oxygen atoms in total. The molecule has 36 heavy (non-hydrogen) atoms. The number of para-hydroxylation sites is 1. The molecule has 2 fully saturated rings. The third-order valence-corrected chi connectivity index (χ3v) is 6.17. The maximum Gasteiger partial charge on any atom is 0.305 e. The number of amides is 4. The standard InChI is InChI=1S/C22H25N7O7/c30-11-13(10-19(33)34)23-21(35)16-5-2-8-28-18(32)7-6-15(22(36)29(16)28)24-17(31)9-12-3-1-4-14-20(12)26-27-25-14/h1,3-4,11,13,15-16H,2,5-10H2,(H,23,35)(H,24,31)(H,33,34)(H,25,26,27). The quantitative estimate of drug-likeness (QED) is 0.318. The van der Waals surface area contributed by atoms with E-state index in [0.29, 0.717) is 29.3 Å². The van der Waals surface area contributed by atoms with Gasteiger partial charge < -0.3 is 20.5 Å². The molecule has 4 N–H and O–H groups in total. The van der Waals surface area contributed by atoms with Gasteiger partial charge in [0.05, 0.1) is 18.9 Å². The van der Waals surface area contributed by atoms with Crippen molar-refractivity contribution in [1.82, 2.24) is 36.1 Å². The maximum absolute atomic E-state index is 13.5. The van der Waals surface area contributed by atoms with Gasteiger partial charge >= 0.3 is 5.97 Å². The van der Waals surface area contributed by atoms with Gasteiger partial charge in [0.15, 0.2) is 0 Å². The van der Waals surface area contributed by atoms with Gasteiger partial charge in [0.1, 0.15) is 29.4 Å². The molecule has 2 saturated heterocycles. The van der Waals surface area contributed by atoms with Crippen LogP contribution in [0.2, 0.25) is 0 Å². The van der Waals surface area contributed by atoms with E-state index in [1.54, 1.807) is 18.2 Å². The largest absolute Gasteiger partial charge is 0.481 e. The van der Waals surface area contributed by atoms with Crippen molar-refractivity contribution in [1.29, 1.82) is 0 Å². The third kappa shape index (κ3) is 5.16. The Hall–Kier alpha value is -4.36. The minimum Gasteiger partial charge on any atom is -0.481 e. The van der Waals surface area contributed by atoms with Crippen LogP contribution in [-0.2, 0) is 35.2 Å². The number of nitrogens with zero attached hydrogens (tertiary/aromatic N) is 4. The Kier molecular flexibility index (Phi) is 7.22. The number of fused-ring (bicyclic) bond motifs is 2. The van der Waals surface area contributed by atoms with Crippen molar-refractivity contribution >= 4 is 46.9 Å². The Morgan fingerprint density at radius 2 is 2.03 bits per heavy atom. The smallest absolute Gasteiger partial charge is 0.305 e. The minimum atomic E-state index is -1.28. The molecule has 0 aliphatic carbocycles. The molecule has 1 aromatic heterocycles. The summed E-state index contributed by atoms with van der Waals surface area (Å²) in [5.41, 5.74) is 1.72. The molecule has 0 bridgehead atoms. The topological polar surface area (TPSA) is 195 Å². The zero-order valence-electron chi connectivity index (χ0n) is 19.2. The highest BCUT2D eigenvalue weighted by molar-refractivity contribution is 5.96. The van der Waals surface area contributed by atoms with Crippen molar-refractivity contribution in [3.63, 3.8) is 0 Å². The third-order valence-electron chi connectivity index (χ3n) is 6.17. The molecule has 3 atom stereocenters. The van der Waals surface area contributed by atoms with Gasteiger partial charge in [-0.15, -0.1) is 0 Å². The molecular weight excluding hydrogens is 474 g/mol. The lowest BCUT2D eigenvalue weighted by molar-refractivity contribution is -0.176. The second-order valence-electron chi connectivity index (χ2n) is 8.65. The van der Waals surface area contributed by atoms with E-state index in [2.05, 4.69) is 26.0 Å². The number of hydrazine groups is 1. The average molecular weight is 499 g/mol. The SMILES string of the molecule is O=CC(CC(=O)O)NC(=O)C1CCCN2C(=O)CCC(NC(=O)Cc3cccc4n[nH]nc34)C(=O)N12. The van der Waals surface area contributed by atoms with Crippen LogP contribution in [0.4, 0.5) is 0 Å². The molecule has 0 radical (unpaired) electrons. The number of aromatic amines is 1. The second kappa shape index (κ2) is 10.5. The summed E-state index contributed by atoms with van der Waals surface area (Å²) in [6.07, 6.45) is 0.276. The number of aliphatic carboxylic acids is 1. The Morgan fingerprint density at radius 3 is 2.78 bits per heavy atom. The van der Waals surface area contributed by atoms with E-state index < -0.39 is 48.2 Å². The molecule has 190 valence electrons. The van der Waals surface area contributed by atoms with Crippen LogP contribution in [0.1, 0.15) is 37.7 Å². The second-order valence-corrected chi connectivity index (χ2v) is 8.65. The monoisotopic (exact) mass is 499 g/mol. The van der Waals surface area contributed by atoms with Crippen LogP contribution in [0.5, 0.6) is 0 Å². The van der Waals surface area contributed by atoms with Crippen LogP contribution in [-0.4, -0.2) is 91.1 Å². The van der Waals surface area contributed by atoms with Crippen LogP contribution < -0.4 is 10.6 Å². The Bertz CT molecular complexity index is 1210. The first-order valence-electron chi connectivity index (χ1n) is 11.5. The van der Waals surface area contributed by atoms with Gasteiger partial charge in [-0.05, 0) is 30.9 Å². The van der Waals surface area contributed by atoms with Crippen LogP contribution in [0, 0.1) is 0 Å². The van der Waals surface area contributed by atoms with Crippen molar-refractivity contribution in [3.8, 4) is 0 Å². The molecule has 1 aromatic carbocycles. The number of rotatable bonds is 8. The van der Waals surface area contributed by atoms with Crippen LogP contribution >= 0.6 is 0 Å². The molecule has 4 rings (SSSR count). The number of nitrogens with one attached hydrogen (secondary N) is 3. The normalized spacial score (nSPS) is 20.9. The van der Waals surface area contributed by atoms with Crippen molar-refractivity contribution in [2.75, 3.05) is 6.54 Å². The molecule has 14 heteroatoms. The predicted octanol–water partition coefficient (Wildman–Crippen LogP) is -1.33. The Labute approximate surface area is 204 Å². The number of aromatic nitrogens is 3. The summed E-state index contributed by atoms with van der Waals surface area (Å²) in [4.78, 5) is 74.2. The Morgan fingerprint density at radius 1 is 1.22 bits per heavy atom. The summed E-state index contributed by atoms with van der Waals surface area (Å²) in [5.74, 6) is -3.49. The highest BCUT2D eigenvalue weighted by Gasteiger charge is 2.44. The maximum atomic E-state index is 13.5. The number of carboxylic acids is 1. The van der Waals surface area contributed by atoms with Crippen LogP contribution in [0.25, 0.3) is 11.0 Å². The molecule has 2 aliphatic heterocycles. The fraction of sp³-hybridized carbons (Fsp3) is 0.455. The number of hydrogen-bond donors (Lipinski definition) is 4. The van der Waals surface area contributed by atoms with Crippen molar-refractivity contribution in [2.24, 2.45) is 0 Å². The van der Waals surface area contributed by atoms with E-state index in [-0.39, 0.29) is 38.1 Å². The van der Waals surface area contributed by atoms with Gasteiger partial charge in [-0.25, -0.2) is 5.01 Å². The van der Waals surface area contributed by atoms with E-state index in [1.807, 2.05) is 0 Å². The lowest BCUT2D eigenvalue weighted by atomic mass is 10.0. The molecule has 2 aromatic rings.